The van der Waals surface area contributed by atoms with Gasteiger partial charge in [-0.1, -0.05) is 6.07 Å². The SMILES string of the molecule is CC1CCC(C(N)=O)CN1C(=O)c1ccc2cn[nH]c2c1. The number of carbonyl (C=O) groups excluding carboxylic acids is 2. The largest absolute Gasteiger partial charge is 0.369 e. The van der Waals surface area contributed by atoms with E-state index in [0.717, 1.165) is 23.7 Å². The molecule has 110 valence electrons. The van der Waals surface area contributed by atoms with Crippen LogP contribution in [0.25, 0.3) is 10.9 Å². The number of nitrogens with one attached hydrogen (secondary N) is 1. The van der Waals surface area contributed by atoms with E-state index < -0.39 is 0 Å². The number of rotatable bonds is 2. The van der Waals surface area contributed by atoms with Crippen LogP contribution in [0, 0.1) is 5.92 Å². The number of likely N-dealkylation sites (tertiary alicyclic amines) is 1. The van der Waals surface area contributed by atoms with Crippen LogP contribution >= 0.6 is 0 Å². The third-order valence-electron chi connectivity index (χ3n) is 4.23. The maximum atomic E-state index is 12.7. The summed E-state index contributed by atoms with van der Waals surface area (Å²) in [6.45, 7) is 2.40. The van der Waals surface area contributed by atoms with E-state index in [-0.39, 0.29) is 23.8 Å². The van der Waals surface area contributed by atoms with E-state index in [4.69, 9.17) is 5.73 Å². The minimum atomic E-state index is -0.330. The van der Waals surface area contributed by atoms with E-state index in [1.807, 2.05) is 13.0 Å². The van der Waals surface area contributed by atoms with Crippen molar-refractivity contribution in [1.29, 1.82) is 0 Å². The standard InChI is InChI=1S/C15H18N4O2/c1-9-2-3-12(14(16)20)8-19(9)15(21)10-4-5-11-7-17-18-13(11)6-10/h4-7,9,12H,2-3,8H2,1H3,(H2,16,20)(H,17,18). The number of primary amides is 1. The Balaban J connectivity index is 1.86. The fourth-order valence-corrected chi connectivity index (χ4v) is 2.86. The molecular weight excluding hydrogens is 268 g/mol. The van der Waals surface area contributed by atoms with Gasteiger partial charge in [0.15, 0.2) is 0 Å². The van der Waals surface area contributed by atoms with Gasteiger partial charge in [-0.25, -0.2) is 0 Å². The highest BCUT2D eigenvalue weighted by molar-refractivity contribution is 5.98. The molecule has 1 aliphatic rings. The Morgan fingerprint density at radius 2 is 2.19 bits per heavy atom. The average molecular weight is 286 g/mol. The highest BCUT2D eigenvalue weighted by Gasteiger charge is 2.32. The molecule has 1 aromatic heterocycles. The van der Waals surface area contributed by atoms with Gasteiger partial charge in [0.2, 0.25) is 5.91 Å². The van der Waals surface area contributed by atoms with Crippen LogP contribution in [0.15, 0.2) is 24.4 Å². The smallest absolute Gasteiger partial charge is 0.254 e. The molecule has 0 radical (unpaired) electrons. The number of nitrogens with zero attached hydrogens (tertiary/aromatic N) is 2. The van der Waals surface area contributed by atoms with Gasteiger partial charge < -0.3 is 10.6 Å². The van der Waals surface area contributed by atoms with Crippen molar-refractivity contribution in [3.63, 3.8) is 0 Å². The zero-order valence-electron chi connectivity index (χ0n) is 11.9. The molecule has 1 fully saturated rings. The summed E-state index contributed by atoms with van der Waals surface area (Å²) in [4.78, 5) is 25.8. The summed E-state index contributed by atoms with van der Waals surface area (Å²) in [6, 6.07) is 5.57. The second-order valence-electron chi connectivity index (χ2n) is 5.66. The first-order valence-electron chi connectivity index (χ1n) is 7.09. The number of nitrogens with two attached hydrogens (primary N) is 1. The molecule has 3 rings (SSSR count). The van der Waals surface area contributed by atoms with Crippen molar-refractivity contribution in [2.45, 2.75) is 25.8 Å². The quantitative estimate of drug-likeness (QED) is 0.871. The summed E-state index contributed by atoms with van der Waals surface area (Å²) in [6.07, 6.45) is 3.27. The van der Waals surface area contributed by atoms with Crippen LogP contribution in [0.2, 0.25) is 0 Å². The molecule has 2 unspecified atom stereocenters. The Hall–Kier alpha value is -2.37. The lowest BCUT2D eigenvalue weighted by atomic mass is 9.92. The van der Waals surface area contributed by atoms with Crippen molar-refractivity contribution in [3.05, 3.63) is 30.0 Å². The molecule has 0 aliphatic carbocycles. The summed E-state index contributed by atoms with van der Waals surface area (Å²) in [7, 11) is 0. The molecule has 1 aliphatic heterocycles. The number of benzene rings is 1. The molecule has 0 saturated carbocycles. The van der Waals surface area contributed by atoms with Crippen molar-refractivity contribution in [2.24, 2.45) is 11.7 Å². The number of fused-ring (bicyclic) bond motifs is 1. The molecule has 2 atom stereocenters. The first-order valence-corrected chi connectivity index (χ1v) is 7.09. The lowest BCUT2D eigenvalue weighted by Gasteiger charge is -2.37. The van der Waals surface area contributed by atoms with E-state index in [9.17, 15) is 9.59 Å². The highest BCUT2D eigenvalue weighted by Crippen LogP contribution is 2.24. The summed E-state index contributed by atoms with van der Waals surface area (Å²) in [5.74, 6) is -0.644. The summed E-state index contributed by atoms with van der Waals surface area (Å²) in [5, 5.41) is 7.78. The van der Waals surface area contributed by atoms with Crippen molar-refractivity contribution >= 4 is 22.7 Å². The predicted octanol–water partition coefficient (Wildman–Crippen LogP) is 1.29. The van der Waals surface area contributed by atoms with E-state index >= 15 is 0 Å². The third-order valence-corrected chi connectivity index (χ3v) is 4.23. The van der Waals surface area contributed by atoms with Gasteiger partial charge in [-0.15, -0.1) is 0 Å². The molecule has 2 heterocycles. The third kappa shape index (κ3) is 2.49. The van der Waals surface area contributed by atoms with Crippen LogP contribution < -0.4 is 5.73 Å². The van der Waals surface area contributed by atoms with Crippen molar-refractivity contribution < 1.29 is 9.59 Å². The minimum absolute atomic E-state index is 0.0649. The zero-order chi connectivity index (χ0) is 15.0. The van der Waals surface area contributed by atoms with Crippen LogP contribution in [-0.2, 0) is 4.79 Å². The molecule has 0 bridgehead atoms. The van der Waals surface area contributed by atoms with Crippen molar-refractivity contribution in [2.75, 3.05) is 6.54 Å². The summed E-state index contributed by atoms with van der Waals surface area (Å²) >= 11 is 0. The fraction of sp³-hybridized carbons (Fsp3) is 0.400. The molecule has 6 heteroatoms. The molecule has 2 aromatic rings. The number of amides is 2. The molecule has 3 N–H and O–H groups in total. The van der Waals surface area contributed by atoms with Gasteiger partial charge in [-0.2, -0.15) is 5.10 Å². The fourth-order valence-electron chi connectivity index (χ4n) is 2.86. The van der Waals surface area contributed by atoms with Gasteiger partial charge in [0, 0.05) is 23.5 Å². The van der Waals surface area contributed by atoms with E-state index in [0.29, 0.717) is 12.1 Å². The normalized spacial score (nSPS) is 22.4. The molecule has 6 nitrogen and oxygen atoms in total. The Morgan fingerprint density at radius 3 is 2.95 bits per heavy atom. The first kappa shape index (κ1) is 13.6. The second-order valence-corrected chi connectivity index (χ2v) is 5.66. The zero-order valence-corrected chi connectivity index (χ0v) is 11.9. The van der Waals surface area contributed by atoms with Crippen LogP contribution in [-0.4, -0.2) is 39.5 Å². The van der Waals surface area contributed by atoms with Crippen LogP contribution in [0.5, 0.6) is 0 Å². The number of H-pyrrole nitrogens is 1. The molecule has 21 heavy (non-hydrogen) atoms. The number of hydrogen-bond donors (Lipinski definition) is 2. The number of aromatic nitrogens is 2. The Morgan fingerprint density at radius 1 is 1.38 bits per heavy atom. The van der Waals surface area contributed by atoms with Gasteiger partial charge in [0.1, 0.15) is 0 Å². The minimum Gasteiger partial charge on any atom is -0.369 e. The average Bonchev–Trinajstić information content (AvgIpc) is 2.94. The Kier molecular flexibility index (Phi) is 3.37. The Bertz CT molecular complexity index is 694. The Labute approximate surface area is 122 Å². The lowest BCUT2D eigenvalue weighted by Crippen LogP contribution is -2.48. The van der Waals surface area contributed by atoms with Gasteiger partial charge in [0.25, 0.3) is 5.91 Å². The van der Waals surface area contributed by atoms with Gasteiger partial charge in [-0.05, 0) is 31.9 Å². The lowest BCUT2D eigenvalue weighted by molar-refractivity contribution is -0.123. The van der Waals surface area contributed by atoms with E-state index in [1.54, 1.807) is 23.2 Å². The highest BCUT2D eigenvalue weighted by atomic mass is 16.2. The maximum absolute atomic E-state index is 12.7. The summed E-state index contributed by atoms with van der Waals surface area (Å²) < 4.78 is 0. The number of carbonyl (C=O) groups is 2. The van der Waals surface area contributed by atoms with Gasteiger partial charge >= 0.3 is 0 Å². The molecule has 2 amide bonds. The second kappa shape index (κ2) is 5.20. The number of piperidine rings is 1. The monoisotopic (exact) mass is 286 g/mol. The van der Waals surface area contributed by atoms with Crippen LogP contribution in [0.1, 0.15) is 30.1 Å². The van der Waals surface area contributed by atoms with Crippen molar-refractivity contribution in [1.82, 2.24) is 15.1 Å². The molecule has 1 saturated heterocycles. The van der Waals surface area contributed by atoms with Crippen LogP contribution in [0.4, 0.5) is 0 Å². The van der Waals surface area contributed by atoms with E-state index in [1.165, 1.54) is 0 Å². The van der Waals surface area contributed by atoms with Gasteiger partial charge in [0.05, 0.1) is 17.6 Å². The van der Waals surface area contributed by atoms with Crippen LogP contribution in [0.3, 0.4) is 0 Å². The molecule has 1 aromatic carbocycles. The van der Waals surface area contributed by atoms with E-state index in [2.05, 4.69) is 10.2 Å². The topological polar surface area (TPSA) is 92.1 Å². The number of hydrogen-bond acceptors (Lipinski definition) is 3. The predicted molar refractivity (Wildman–Crippen MR) is 78.5 cm³/mol. The van der Waals surface area contributed by atoms with Crippen molar-refractivity contribution in [3.8, 4) is 0 Å². The first-order chi connectivity index (χ1) is 10.1. The summed E-state index contributed by atoms with van der Waals surface area (Å²) in [5.41, 5.74) is 6.82. The number of aromatic amines is 1. The molecular formula is C15H18N4O2. The van der Waals surface area contributed by atoms with Gasteiger partial charge in [-0.3, -0.25) is 14.7 Å². The molecule has 0 spiro atoms. The maximum Gasteiger partial charge on any atom is 0.254 e.